The van der Waals surface area contributed by atoms with Gasteiger partial charge in [-0.05, 0) is 18.3 Å². The minimum Gasteiger partial charge on any atom is -0.550 e. The second-order valence-electron chi connectivity index (χ2n) is 5.10. The molecular formula is C13H27O2-. The third-order valence-corrected chi connectivity index (χ3v) is 2.30. The highest BCUT2D eigenvalue weighted by atomic mass is 16.4. The lowest BCUT2D eigenvalue weighted by Gasteiger charge is -2.12. The van der Waals surface area contributed by atoms with Gasteiger partial charge in [0.2, 0.25) is 0 Å². The number of carbonyl (C=O) groups is 1. The lowest BCUT2D eigenvalue weighted by atomic mass is 9.94. The fraction of sp³-hybridized carbons (Fsp3) is 0.923. The summed E-state index contributed by atoms with van der Waals surface area (Å²) in [5, 5.41) is 9.85. The predicted octanol–water partition coefficient (Wildman–Crippen LogP) is 3.15. The standard InChI is InChI=1S/C7H14O2.C6H14/c1-2-3-4-5-6-7(8)9;1-5-6(2,3)4/h2-6H2,1H3,(H,8,9);5H2,1-4H3/p-1. The smallest absolute Gasteiger partial charge is 0.0414 e. The first-order chi connectivity index (χ1) is 6.83. The van der Waals surface area contributed by atoms with Crippen molar-refractivity contribution >= 4 is 5.97 Å². The van der Waals surface area contributed by atoms with Crippen LogP contribution in [0.3, 0.4) is 0 Å². The van der Waals surface area contributed by atoms with E-state index in [0.717, 1.165) is 25.7 Å². The van der Waals surface area contributed by atoms with Crippen LogP contribution in [0.15, 0.2) is 0 Å². The molecule has 0 aliphatic rings. The number of unbranched alkanes of at least 4 members (excludes halogenated alkanes) is 3. The zero-order valence-corrected chi connectivity index (χ0v) is 11.1. The molecule has 0 fully saturated rings. The number of hydrogen-bond acceptors (Lipinski definition) is 2. The second-order valence-corrected chi connectivity index (χ2v) is 5.10. The molecule has 0 aromatic carbocycles. The molecule has 2 heteroatoms. The average Bonchev–Trinajstić information content (AvgIpc) is 2.12. The Morgan fingerprint density at radius 1 is 1.07 bits per heavy atom. The summed E-state index contributed by atoms with van der Waals surface area (Å²) in [5.74, 6) is -0.925. The molecule has 0 saturated heterocycles. The van der Waals surface area contributed by atoms with Gasteiger partial charge in [0.15, 0.2) is 0 Å². The van der Waals surface area contributed by atoms with Crippen LogP contribution < -0.4 is 5.11 Å². The number of hydrogen-bond donors (Lipinski definition) is 0. The van der Waals surface area contributed by atoms with Gasteiger partial charge in [-0.1, -0.05) is 60.3 Å². The van der Waals surface area contributed by atoms with Crippen LogP contribution in [-0.2, 0) is 4.79 Å². The van der Waals surface area contributed by atoms with Gasteiger partial charge in [-0.2, -0.15) is 0 Å². The first kappa shape index (κ1) is 16.9. The Bertz CT molecular complexity index is 145. The Hall–Kier alpha value is -0.530. The summed E-state index contributed by atoms with van der Waals surface area (Å²) >= 11 is 0. The molecule has 0 rings (SSSR count). The maximum atomic E-state index is 9.85. The van der Waals surface area contributed by atoms with Crippen molar-refractivity contribution in [3.63, 3.8) is 0 Å². The Labute approximate surface area is 95.1 Å². The molecule has 0 atom stereocenters. The highest BCUT2D eigenvalue weighted by molar-refractivity contribution is 5.63. The van der Waals surface area contributed by atoms with Crippen molar-refractivity contribution in [1.29, 1.82) is 0 Å². The van der Waals surface area contributed by atoms with Crippen molar-refractivity contribution in [1.82, 2.24) is 0 Å². The summed E-state index contributed by atoms with van der Waals surface area (Å²) in [6.45, 7) is 11.0. The Balaban J connectivity index is 0. The zero-order chi connectivity index (χ0) is 12.3. The van der Waals surface area contributed by atoms with Gasteiger partial charge in [0.1, 0.15) is 0 Å². The summed E-state index contributed by atoms with van der Waals surface area (Å²) in [6.07, 6.45) is 5.56. The lowest BCUT2D eigenvalue weighted by molar-refractivity contribution is -0.305. The van der Waals surface area contributed by atoms with Crippen LogP contribution in [0, 0.1) is 5.41 Å². The van der Waals surface area contributed by atoms with Crippen LogP contribution in [-0.4, -0.2) is 5.97 Å². The monoisotopic (exact) mass is 215 g/mol. The number of carboxylic acids is 1. The van der Waals surface area contributed by atoms with Crippen molar-refractivity contribution in [2.45, 2.75) is 73.1 Å². The van der Waals surface area contributed by atoms with Gasteiger partial charge in [-0.3, -0.25) is 0 Å². The zero-order valence-electron chi connectivity index (χ0n) is 11.1. The summed E-state index contributed by atoms with van der Waals surface area (Å²) in [4.78, 5) is 9.85. The molecule has 0 spiro atoms. The first-order valence-electron chi connectivity index (χ1n) is 6.03. The lowest BCUT2D eigenvalue weighted by Crippen LogP contribution is -2.21. The van der Waals surface area contributed by atoms with E-state index in [2.05, 4.69) is 34.6 Å². The van der Waals surface area contributed by atoms with Crippen molar-refractivity contribution in [3.05, 3.63) is 0 Å². The fourth-order valence-corrected chi connectivity index (χ4v) is 0.696. The van der Waals surface area contributed by atoms with E-state index in [-0.39, 0.29) is 6.42 Å². The normalized spacial score (nSPS) is 10.5. The molecule has 0 heterocycles. The molecule has 0 aliphatic carbocycles. The minimum atomic E-state index is -0.925. The van der Waals surface area contributed by atoms with E-state index >= 15 is 0 Å². The molecular weight excluding hydrogens is 188 g/mol. The van der Waals surface area contributed by atoms with E-state index < -0.39 is 5.97 Å². The molecule has 0 unspecified atom stereocenters. The molecule has 2 nitrogen and oxygen atoms in total. The molecule has 0 bridgehead atoms. The van der Waals surface area contributed by atoms with E-state index in [4.69, 9.17) is 0 Å². The van der Waals surface area contributed by atoms with Gasteiger partial charge >= 0.3 is 0 Å². The van der Waals surface area contributed by atoms with Gasteiger partial charge in [-0.25, -0.2) is 0 Å². The first-order valence-corrected chi connectivity index (χ1v) is 6.03. The van der Waals surface area contributed by atoms with Crippen molar-refractivity contribution in [3.8, 4) is 0 Å². The molecule has 0 aromatic rings. The molecule has 0 amide bonds. The average molecular weight is 215 g/mol. The van der Waals surface area contributed by atoms with Crippen LogP contribution in [0.1, 0.15) is 73.1 Å². The number of aliphatic carboxylic acids is 1. The van der Waals surface area contributed by atoms with E-state index in [1.807, 2.05) is 0 Å². The Morgan fingerprint density at radius 2 is 1.53 bits per heavy atom. The third kappa shape index (κ3) is 24.7. The summed E-state index contributed by atoms with van der Waals surface area (Å²) in [6, 6.07) is 0. The number of carbonyl (C=O) groups excluding carboxylic acids is 1. The van der Waals surface area contributed by atoms with Gasteiger partial charge < -0.3 is 9.90 Å². The Morgan fingerprint density at radius 3 is 1.80 bits per heavy atom. The van der Waals surface area contributed by atoms with Crippen LogP contribution >= 0.6 is 0 Å². The van der Waals surface area contributed by atoms with Crippen molar-refractivity contribution < 1.29 is 9.90 Å². The van der Waals surface area contributed by atoms with Crippen LogP contribution in [0.25, 0.3) is 0 Å². The van der Waals surface area contributed by atoms with Gasteiger partial charge in [0, 0.05) is 5.97 Å². The number of rotatable bonds is 5. The van der Waals surface area contributed by atoms with Crippen molar-refractivity contribution in [2.75, 3.05) is 0 Å². The molecule has 92 valence electrons. The Kier molecular flexibility index (Phi) is 11.3. The minimum absolute atomic E-state index is 0.222. The SMILES string of the molecule is CCC(C)(C)C.CCCCCCC(=O)[O-]. The fourth-order valence-electron chi connectivity index (χ4n) is 0.696. The largest absolute Gasteiger partial charge is 0.550 e. The second kappa shape index (κ2) is 10.0. The molecule has 0 N–H and O–H groups in total. The van der Waals surface area contributed by atoms with Crippen molar-refractivity contribution in [2.24, 2.45) is 5.41 Å². The maximum Gasteiger partial charge on any atom is 0.0414 e. The summed E-state index contributed by atoms with van der Waals surface area (Å²) < 4.78 is 0. The van der Waals surface area contributed by atoms with Gasteiger partial charge in [0.05, 0.1) is 0 Å². The van der Waals surface area contributed by atoms with E-state index in [0.29, 0.717) is 5.41 Å². The summed E-state index contributed by atoms with van der Waals surface area (Å²) in [7, 11) is 0. The predicted molar refractivity (Wildman–Crippen MR) is 63.5 cm³/mol. The quantitative estimate of drug-likeness (QED) is 0.661. The molecule has 0 saturated carbocycles. The van der Waals surface area contributed by atoms with Crippen LogP contribution in [0.2, 0.25) is 0 Å². The summed E-state index contributed by atoms with van der Waals surface area (Å²) in [5.41, 5.74) is 0.542. The molecule has 0 aromatic heterocycles. The van der Waals surface area contributed by atoms with E-state index in [1.165, 1.54) is 6.42 Å². The molecule has 0 radical (unpaired) electrons. The van der Waals surface area contributed by atoms with Gasteiger partial charge in [0.25, 0.3) is 0 Å². The van der Waals surface area contributed by atoms with Gasteiger partial charge in [-0.15, -0.1) is 0 Å². The van der Waals surface area contributed by atoms with E-state index in [9.17, 15) is 9.90 Å². The maximum absolute atomic E-state index is 9.85. The topological polar surface area (TPSA) is 40.1 Å². The number of carboxylic acid groups (broad SMARTS) is 1. The third-order valence-electron chi connectivity index (χ3n) is 2.30. The van der Waals surface area contributed by atoms with Crippen LogP contribution in [0.4, 0.5) is 0 Å². The molecule has 15 heavy (non-hydrogen) atoms. The highest BCUT2D eigenvalue weighted by Crippen LogP contribution is 2.16. The van der Waals surface area contributed by atoms with Crippen LogP contribution in [0.5, 0.6) is 0 Å². The van der Waals surface area contributed by atoms with E-state index in [1.54, 1.807) is 0 Å². The molecule has 0 aliphatic heterocycles. The highest BCUT2D eigenvalue weighted by Gasteiger charge is 2.03.